The Morgan fingerprint density at radius 2 is 2.17 bits per heavy atom. The molecule has 0 aliphatic rings. The van der Waals surface area contributed by atoms with Crippen LogP contribution in [-0.4, -0.2) is 19.9 Å². The van der Waals surface area contributed by atoms with Crippen molar-refractivity contribution < 1.29 is 9.15 Å². The Labute approximate surface area is 136 Å². The number of nitrogens with zero attached hydrogens (tertiary/aromatic N) is 3. The minimum atomic E-state index is -0.245. The molecule has 7 heteroatoms. The Balaban J connectivity index is 1.56. The number of ether oxygens (including phenoxy) is 1. The normalized spacial score (nSPS) is 10.8. The Morgan fingerprint density at radius 3 is 2.96 bits per heavy atom. The summed E-state index contributed by atoms with van der Waals surface area (Å²) in [7, 11) is 0. The molecule has 0 amide bonds. The zero-order valence-electron chi connectivity index (χ0n) is 12.5. The molecular formula is C17H12N4O3. The van der Waals surface area contributed by atoms with Gasteiger partial charge in [-0.05, 0) is 24.3 Å². The molecule has 0 atom stereocenters. The number of oxazole rings is 1. The first-order valence-electron chi connectivity index (χ1n) is 7.25. The van der Waals surface area contributed by atoms with Crippen LogP contribution in [0.3, 0.4) is 0 Å². The largest absolute Gasteiger partial charge is 0.487 e. The van der Waals surface area contributed by atoms with E-state index in [0.717, 1.165) is 5.56 Å². The Kier molecular flexibility index (Phi) is 3.51. The van der Waals surface area contributed by atoms with Crippen molar-refractivity contribution in [3.63, 3.8) is 0 Å². The molecule has 0 radical (unpaired) electrons. The lowest BCUT2D eigenvalue weighted by Crippen LogP contribution is -2.08. The highest BCUT2D eigenvalue weighted by Gasteiger charge is 2.09. The number of nitrogens with one attached hydrogen (secondary N) is 1. The van der Waals surface area contributed by atoms with Gasteiger partial charge in [0.2, 0.25) is 5.89 Å². The van der Waals surface area contributed by atoms with E-state index < -0.39 is 0 Å². The second kappa shape index (κ2) is 5.96. The fourth-order valence-electron chi connectivity index (χ4n) is 2.22. The quantitative estimate of drug-likeness (QED) is 0.621. The van der Waals surface area contributed by atoms with Crippen LogP contribution in [0.5, 0.6) is 5.75 Å². The van der Waals surface area contributed by atoms with Crippen LogP contribution >= 0.6 is 0 Å². The van der Waals surface area contributed by atoms with E-state index in [1.807, 2.05) is 12.1 Å². The highest BCUT2D eigenvalue weighted by Crippen LogP contribution is 2.26. The number of aromatic amines is 1. The molecule has 3 heterocycles. The molecule has 1 aromatic carbocycles. The summed E-state index contributed by atoms with van der Waals surface area (Å²) in [5.74, 6) is 1.15. The maximum atomic E-state index is 11.0. The number of hydrogen-bond acceptors (Lipinski definition) is 6. The SMILES string of the molecule is O=c1cnc(COc2ccc3oc(-c4cccnc4)nc3c2)c[nH]1. The van der Waals surface area contributed by atoms with E-state index in [0.29, 0.717) is 28.4 Å². The van der Waals surface area contributed by atoms with Crippen molar-refractivity contribution >= 4 is 11.1 Å². The van der Waals surface area contributed by atoms with E-state index >= 15 is 0 Å². The van der Waals surface area contributed by atoms with Crippen molar-refractivity contribution in [1.29, 1.82) is 0 Å². The molecule has 3 aromatic heterocycles. The minimum absolute atomic E-state index is 0.245. The second-order valence-corrected chi connectivity index (χ2v) is 5.08. The van der Waals surface area contributed by atoms with Gasteiger partial charge in [-0.1, -0.05) is 0 Å². The number of H-pyrrole nitrogens is 1. The fraction of sp³-hybridized carbons (Fsp3) is 0.0588. The fourth-order valence-corrected chi connectivity index (χ4v) is 2.22. The van der Waals surface area contributed by atoms with Crippen molar-refractivity contribution in [1.82, 2.24) is 19.9 Å². The first-order chi connectivity index (χ1) is 11.8. The summed E-state index contributed by atoms with van der Waals surface area (Å²) in [4.78, 5) is 26.0. The molecule has 0 saturated carbocycles. The Hall–Kier alpha value is -3.48. The maximum absolute atomic E-state index is 11.0. The number of aromatic nitrogens is 4. The molecule has 7 nitrogen and oxygen atoms in total. The third-order valence-corrected chi connectivity index (χ3v) is 3.38. The molecule has 0 bridgehead atoms. The molecule has 118 valence electrons. The molecule has 0 aliphatic heterocycles. The smallest absolute Gasteiger partial charge is 0.266 e. The molecule has 1 N–H and O–H groups in total. The van der Waals surface area contributed by atoms with Gasteiger partial charge in [-0.25, -0.2) is 4.98 Å². The van der Waals surface area contributed by atoms with E-state index in [9.17, 15) is 4.79 Å². The van der Waals surface area contributed by atoms with Crippen molar-refractivity contribution in [3.8, 4) is 17.2 Å². The third-order valence-electron chi connectivity index (χ3n) is 3.38. The van der Waals surface area contributed by atoms with Gasteiger partial charge in [-0.2, -0.15) is 0 Å². The number of rotatable bonds is 4. The van der Waals surface area contributed by atoms with E-state index in [-0.39, 0.29) is 12.2 Å². The zero-order chi connectivity index (χ0) is 16.4. The van der Waals surface area contributed by atoms with Crippen molar-refractivity contribution in [2.75, 3.05) is 0 Å². The van der Waals surface area contributed by atoms with Crippen molar-refractivity contribution in [3.05, 3.63) is 71.2 Å². The molecule has 24 heavy (non-hydrogen) atoms. The summed E-state index contributed by atoms with van der Waals surface area (Å²) in [6, 6.07) is 9.11. The van der Waals surface area contributed by atoms with Crippen LogP contribution in [0.1, 0.15) is 5.69 Å². The predicted molar refractivity (Wildman–Crippen MR) is 86.4 cm³/mol. The van der Waals surface area contributed by atoms with Crippen LogP contribution < -0.4 is 10.3 Å². The standard InChI is InChI=1S/C17H12N4O3/c22-16-9-19-12(8-20-16)10-23-13-3-4-15-14(6-13)21-17(24-15)11-2-1-5-18-7-11/h1-9H,10H2,(H,20,22). The maximum Gasteiger partial charge on any atom is 0.266 e. The van der Waals surface area contributed by atoms with Crippen LogP contribution in [0, 0.1) is 0 Å². The average Bonchev–Trinajstić information content (AvgIpc) is 3.05. The monoisotopic (exact) mass is 320 g/mol. The molecule has 0 unspecified atom stereocenters. The van der Waals surface area contributed by atoms with Gasteiger partial charge >= 0.3 is 0 Å². The minimum Gasteiger partial charge on any atom is -0.487 e. The van der Waals surface area contributed by atoms with Crippen LogP contribution in [0.4, 0.5) is 0 Å². The van der Waals surface area contributed by atoms with Crippen LogP contribution in [0.15, 0.2) is 64.3 Å². The number of hydrogen-bond donors (Lipinski definition) is 1. The molecule has 0 fully saturated rings. The van der Waals surface area contributed by atoms with Gasteiger partial charge < -0.3 is 14.1 Å². The third kappa shape index (κ3) is 2.87. The molecule has 4 aromatic rings. The molecule has 0 spiro atoms. The summed E-state index contributed by atoms with van der Waals surface area (Å²) in [6.45, 7) is 0.246. The van der Waals surface area contributed by atoms with Gasteiger partial charge in [0.05, 0.1) is 17.5 Å². The van der Waals surface area contributed by atoms with Crippen molar-refractivity contribution in [2.45, 2.75) is 6.61 Å². The van der Waals surface area contributed by atoms with Crippen LogP contribution in [0.2, 0.25) is 0 Å². The van der Waals surface area contributed by atoms with Gasteiger partial charge in [-0.3, -0.25) is 14.8 Å². The number of pyridine rings is 1. The highest BCUT2D eigenvalue weighted by molar-refractivity contribution is 5.77. The lowest BCUT2D eigenvalue weighted by atomic mass is 10.3. The van der Waals surface area contributed by atoms with Crippen molar-refractivity contribution in [2.24, 2.45) is 0 Å². The second-order valence-electron chi connectivity index (χ2n) is 5.08. The van der Waals surface area contributed by atoms with Crippen LogP contribution in [0.25, 0.3) is 22.6 Å². The highest BCUT2D eigenvalue weighted by atomic mass is 16.5. The number of fused-ring (bicyclic) bond motifs is 1. The van der Waals surface area contributed by atoms with Crippen LogP contribution in [-0.2, 0) is 6.61 Å². The first kappa shape index (κ1) is 14.1. The van der Waals surface area contributed by atoms with Gasteiger partial charge in [0.25, 0.3) is 5.56 Å². The molecule has 0 saturated heterocycles. The first-order valence-corrected chi connectivity index (χ1v) is 7.25. The topological polar surface area (TPSA) is 93.9 Å². The lowest BCUT2D eigenvalue weighted by molar-refractivity contribution is 0.301. The number of benzene rings is 1. The summed E-state index contributed by atoms with van der Waals surface area (Å²) < 4.78 is 11.4. The van der Waals surface area contributed by atoms with Gasteiger partial charge in [0.1, 0.15) is 17.9 Å². The summed E-state index contributed by atoms with van der Waals surface area (Å²) in [5.41, 5.74) is 2.56. The Bertz CT molecular complexity index is 1020. The molecule has 4 rings (SSSR count). The predicted octanol–water partition coefficient (Wildman–Crippen LogP) is 2.55. The summed E-state index contributed by atoms with van der Waals surface area (Å²) in [6.07, 6.45) is 6.14. The lowest BCUT2D eigenvalue weighted by Gasteiger charge is -2.04. The van der Waals surface area contributed by atoms with E-state index in [1.165, 1.54) is 12.4 Å². The summed E-state index contributed by atoms with van der Waals surface area (Å²) >= 11 is 0. The molecule has 0 aliphatic carbocycles. The molecular weight excluding hydrogens is 308 g/mol. The summed E-state index contributed by atoms with van der Waals surface area (Å²) in [5, 5.41) is 0. The van der Waals surface area contributed by atoms with Gasteiger partial charge in [0.15, 0.2) is 5.58 Å². The van der Waals surface area contributed by atoms with E-state index in [2.05, 4.69) is 19.9 Å². The average molecular weight is 320 g/mol. The van der Waals surface area contributed by atoms with Gasteiger partial charge in [0, 0.05) is 24.7 Å². The zero-order valence-corrected chi connectivity index (χ0v) is 12.5. The van der Waals surface area contributed by atoms with Gasteiger partial charge in [-0.15, -0.1) is 0 Å². The van der Waals surface area contributed by atoms with E-state index in [1.54, 1.807) is 30.6 Å². The van der Waals surface area contributed by atoms with E-state index in [4.69, 9.17) is 9.15 Å². The Morgan fingerprint density at radius 1 is 1.21 bits per heavy atom.